The molecule has 0 atom stereocenters. The van der Waals surface area contributed by atoms with Crippen molar-refractivity contribution < 1.29 is 28.2 Å². The van der Waals surface area contributed by atoms with Gasteiger partial charge in [0.15, 0.2) is 5.58 Å². The van der Waals surface area contributed by atoms with Crippen molar-refractivity contribution in [3.63, 3.8) is 0 Å². The molecule has 1 N–H and O–H groups in total. The van der Waals surface area contributed by atoms with Gasteiger partial charge in [-0.1, -0.05) is 0 Å². The molecule has 3 rings (SSSR count). The molecule has 0 spiro atoms. The third-order valence-corrected chi connectivity index (χ3v) is 4.09. The van der Waals surface area contributed by atoms with Crippen LogP contribution in [0.2, 0.25) is 0 Å². The SMILES string of the molecule is COC(=O)c1cc2oc(C)cc2n1CC(=O)Nc1ccc(OC)cc1OC. The van der Waals surface area contributed by atoms with Gasteiger partial charge in [-0.3, -0.25) is 4.79 Å². The molecule has 1 aromatic carbocycles. The summed E-state index contributed by atoms with van der Waals surface area (Å²) in [7, 11) is 4.34. The number of esters is 1. The van der Waals surface area contributed by atoms with Gasteiger partial charge in [-0.2, -0.15) is 0 Å². The predicted molar refractivity (Wildman–Crippen MR) is 98.5 cm³/mol. The molecule has 0 bridgehead atoms. The number of nitrogens with one attached hydrogen (secondary N) is 1. The number of carbonyl (C=O) groups excluding carboxylic acids is 2. The third-order valence-electron chi connectivity index (χ3n) is 4.09. The second-order valence-corrected chi connectivity index (χ2v) is 5.83. The van der Waals surface area contributed by atoms with Crippen molar-refractivity contribution in [1.29, 1.82) is 0 Å². The Balaban J connectivity index is 1.89. The summed E-state index contributed by atoms with van der Waals surface area (Å²) in [4.78, 5) is 24.7. The summed E-state index contributed by atoms with van der Waals surface area (Å²) >= 11 is 0. The molecule has 27 heavy (non-hydrogen) atoms. The Morgan fingerprint density at radius 2 is 1.89 bits per heavy atom. The van der Waals surface area contributed by atoms with Crippen molar-refractivity contribution in [2.24, 2.45) is 0 Å². The Hall–Kier alpha value is -3.42. The van der Waals surface area contributed by atoms with Crippen LogP contribution < -0.4 is 14.8 Å². The van der Waals surface area contributed by atoms with Crippen LogP contribution in [0.25, 0.3) is 11.1 Å². The number of furan rings is 1. The van der Waals surface area contributed by atoms with Gasteiger partial charge >= 0.3 is 5.97 Å². The van der Waals surface area contributed by atoms with E-state index < -0.39 is 5.97 Å². The molecule has 0 saturated carbocycles. The van der Waals surface area contributed by atoms with E-state index in [0.717, 1.165) is 0 Å². The summed E-state index contributed by atoms with van der Waals surface area (Å²) in [6.07, 6.45) is 0. The lowest BCUT2D eigenvalue weighted by molar-refractivity contribution is -0.116. The molecule has 8 nitrogen and oxygen atoms in total. The van der Waals surface area contributed by atoms with Crippen LogP contribution in [0.4, 0.5) is 5.69 Å². The molecule has 3 aromatic rings. The van der Waals surface area contributed by atoms with Crippen LogP contribution in [0.3, 0.4) is 0 Å². The van der Waals surface area contributed by atoms with E-state index in [1.807, 2.05) is 0 Å². The Kier molecular flexibility index (Phi) is 5.07. The average molecular weight is 372 g/mol. The van der Waals surface area contributed by atoms with E-state index in [9.17, 15) is 9.59 Å². The molecule has 0 aliphatic heterocycles. The van der Waals surface area contributed by atoms with Crippen LogP contribution in [0.5, 0.6) is 11.5 Å². The minimum atomic E-state index is -0.547. The lowest BCUT2D eigenvalue weighted by atomic mass is 10.2. The van der Waals surface area contributed by atoms with Crippen LogP contribution in [-0.4, -0.2) is 37.8 Å². The fourth-order valence-corrected chi connectivity index (χ4v) is 2.84. The monoisotopic (exact) mass is 372 g/mol. The summed E-state index contributed by atoms with van der Waals surface area (Å²) in [5, 5.41) is 2.78. The largest absolute Gasteiger partial charge is 0.497 e. The van der Waals surface area contributed by atoms with Crippen molar-refractivity contribution in [2.75, 3.05) is 26.6 Å². The molecule has 142 valence electrons. The van der Waals surface area contributed by atoms with Crippen LogP contribution in [0, 0.1) is 6.92 Å². The molecule has 0 radical (unpaired) electrons. The highest BCUT2D eigenvalue weighted by molar-refractivity contribution is 5.97. The normalized spacial score (nSPS) is 10.7. The van der Waals surface area contributed by atoms with Crippen LogP contribution in [-0.2, 0) is 16.1 Å². The van der Waals surface area contributed by atoms with Gasteiger partial charge in [-0.15, -0.1) is 0 Å². The van der Waals surface area contributed by atoms with Crippen molar-refractivity contribution in [3.8, 4) is 11.5 Å². The minimum Gasteiger partial charge on any atom is -0.497 e. The number of rotatable bonds is 6. The molecular weight excluding hydrogens is 352 g/mol. The Morgan fingerprint density at radius 3 is 2.56 bits per heavy atom. The van der Waals surface area contributed by atoms with Crippen LogP contribution in [0.15, 0.2) is 34.7 Å². The second kappa shape index (κ2) is 7.45. The van der Waals surface area contributed by atoms with E-state index in [0.29, 0.717) is 34.0 Å². The summed E-state index contributed by atoms with van der Waals surface area (Å²) in [6, 6.07) is 8.40. The number of aryl methyl sites for hydroxylation is 1. The van der Waals surface area contributed by atoms with Gasteiger partial charge in [0, 0.05) is 18.2 Å². The van der Waals surface area contributed by atoms with Gasteiger partial charge in [0.2, 0.25) is 5.91 Å². The maximum absolute atomic E-state index is 12.6. The summed E-state index contributed by atoms with van der Waals surface area (Å²) in [5.41, 5.74) is 1.89. The summed E-state index contributed by atoms with van der Waals surface area (Å²) < 4.78 is 22.3. The van der Waals surface area contributed by atoms with Crippen molar-refractivity contribution >= 4 is 28.7 Å². The smallest absolute Gasteiger partial charge is 0.354 e. The Labute approximate surface area is 155 Å². The van der Waals surface area contributed by atoms with E-state index in [1.54, 1.807) is 48.9 Å². The maximum atomic E-state index is 12.6. The van der Waals surface area contributed by atoms with Crippen LogP contribution in [0.1, 0.15) is 16.2 Å². The zero-order chi connectivity index (χ0) is 19.6. The number of anilines is 1. The lowest BCUT2D eigenvalue weighted by Crippen LogP contribution is -2.22. The van der Waals surface area contributed by atoms with Crippen molar-refractivity contribution in [2.45, 2.75) is 13.5 Å². The van der Waals surface area contributed by atoms with Gasteiger partial charge in [0.25, 0.3) is 0 Å². The first kappa shape index (κ1) is 18.4. The molecule has 0 unspecified atom stereocenters. The molecule has 1 amide bonds. The molecule has 8 heteroatoms. The second-order valence-electron chi connectivity index (χ2n) is 5.83. The maximum Gasteiger partial charge on any atom is 0.354 e. The first-order chi connectivity index (χ1) is 13.0. The molecule has 2 aromatic heterocycles. The van der Waals surface area contributed by atoms with Gasteiger partial charge in [0.1, 0.15) is 29.5 Å². The van der Waals surface area contributed by atoms with Gasteiger partial charge in [0.05, 0.1) is 32.5 Å². The number of carbonyl (C=O) groups is 2. The van der Waals surface area contributed by atoms with E-state index in [4.69, 9.17) is 18.6 Å². The number of nitrogens with zero attached hydrogens (tertiary/aromatic N) is 1. The summed E-state index contributed by atoms with van der Waals surface area (Å²) in [5.74, 6) is 0.878. The zero-order valence-corrected chi connectivity index (χ0v) is 15.5. The minimum absolute atomic E-state index is 0.0951. The molecular formula is C19H20N2O6. The highest BCUT2D eigenvalue weighted by Crippen LogP contribution is 2.29. The first-order valence-corrected chi connectivity index (χ1v) is 8.16. The number of ether oxygens (including phenoxy) is 3. The van der Waals surface area contributed by atoms with Gasteiger partial charge in [-0.05, 0) is 19.1 Å². The highest BCUT2D eigenvalue weighted by Gasteiger charge is 2.21. The van der Waals surface area contributed by atoms with Crippen molar-refractivity contribution in [1.82, 2.24) is 4.57 Å². The standard InChI is InChI=1S/C19H20N2O6/c1-11-7-14-17(27-11)9-15(19(23)26-4)21(14)10-18(22)20-13-6-5-12(24-2)8-16(13)25-3/h5-9H,10H2,1-4H3,(H,20,22). The topological polar surface area (TPSA) is 91.9 Å². The number of methoxy groups -OCH3 is 3. The fourth-order valence-electron chi connectivity index (χ4n) is 2.84. The molecule has 0 aliphatic rings. The Morgan fingerprint density at radius 1 is 1.11 bits per heavy atom. The zero-order valence-electron chi connectivity index (χ0n) is 15.5. The van der Waals surface area contributed by atoms with Crippen molar-refractivity contribution in [3.05, 3.63) is 41.8 Å². The van der Waals surface area contributed by atoms with Crippen LogP contribution >= 0.6 is 0 Å². The fraction of sp³-hybridized carbons (Fsp3) is 0.263. The predicted octanol–water partition coefficient (Wildman–Crippen LogP) is 2.99. The Bertz CT molecular complexity index is 1000. The molecule has 0 saturated heterocycles. The third kappa shape index (κ3) is 3.59. The van der Waals surface area contributed by atoms with E-state index >= 15 is 0 Å². The number of fused-ring (bicyclic) bond motifs is 1. The number of aromatic nitrogens is 1. The molecule has 0 aliphatic carbocycles. The molecule has 2 heterocycles. The molecule has 0 fully saturated rings. The number of hydrogen-bond acceptors (Lipinski definition) is 6. The number of amides is 1. The van der Waals surface area contributed by atoms with E-state index in [-0.39, 0.29) is 18.1 Å². The van der Waals surface area contributed by atoms with E-state index in [2.05, 4.69) is 5.32 Å². The van der Waals surface area contributed by atoms with Gasteiger partial charge in [-0.25, -0.2) is 4.79 Å². The number of benzene rings is 1. The lowest BCUT2D eigenvalue weighted by Gasteiger charge is -2.13. The van der Waals surface area contributed by atoms with E-state index in [1.165, 1.54) is 14.2 Å². The summed E-state index contributed by atoms with van der Waals surface area (Å²) in [6.45, 7) is 1.70. The quantitative estimate of drug-likeness (QED) is 0.669. The van der Waals surface area contributed by atoms with Gasteiger partial charge < -0.3 is 28.5 Å². The highest BCUT2D eigenvalue weighted by atomic mass is 16.5. The number of hydrogen-bond donors (Lipinski definition) is 1. The average Bonchev–Trinajstić information content (AvgIpc) is 3.18. The first-order valence-electron chi connectivity index (χ1n) is 8.16.